The van der Waals surface area contributed by atoms with Crippen molar-refractivity contribution in [1.29, 1.82) is 0 Å². The smallest absolute Gasteiger partial charge is 0.459 e. The maximum absolute atomic E-state index is 13.8. The Kier molecular flexibility index (Phi) is 8.99. The van der Waals surface area contributed by atoms with E-state index in [9.17, 15) is 29.2 Å². The zero-order chi connectivity index (χ0) is 29.1. The molecule has 2 fully saturated rings. The number of aliphatic hydroxyl groups is 2. The minimum absolute atomic E-state index is 0.0373. The number of hydrogen-bond donors (Lipinski definition) is 4. The van der Waals surface area contributed by atoms with Gasteiger partial charge in [0.1, 0.15) is 24.0 Å². The van der Waals surface area contributed by atoms with Crippen LogP contribution in [0.3, 0.4) is 0 Å². The summed E-state index contributed by atoms with van der Waals surface area (Å²) < 4.78 is 36.9. The van der Waals surface area contributed by atoms with Crippen molar-refractivity contribution in [1.82, 2.24) is 14.6 Å². The van der Waals surface area contributed by atoms with Crippen LogP contribution in [0.2, 0.25) is 0 Å². The normalized spacial score (nSPS) is 26.4. The Labute approximate surface area is 230 Å². The number of esters is 1. The molecule has 1 saturated heterocycles. The first-order valence-corrected chi connectivity index (χ1v) is 14.3. The van der Waals surface area contributed by atoms with E-state index < -0.39 is 67.8 Å². The SMILES string of the molecule is CC(C)OC(=O)[C@H](C)NP(=O)(OC[C@H]1O[C@@H](n2ccc(=O)[nH]c2=O)[C@@](O)(C#CC2CC2)[C@@H]1O)Oc1ccccc1. The molecule has 216 valence electrons. The second kappa shape index (κ2) is 12.1. The molecule has 1 saturated carbocycles. The number of aromatic amines is 1. The third-order valence-corrected chi connectivity index (χ3v) is 7.72. The van der Waals surface area contributed by atoms with E-state index in [2.05, 4.69) is 21.9 Å². The van der Waals surface area contributed by atoms with Crippen molar-refractivity contribution in [2.24, 2.45) is 5.92 Å². The Morgan fingerprint density at radius 1 is 1.25 bits per heavy atom. The predicted octanol–water partition coefficient (Wildman–Crippen LogP) is 1.07. The number of hydrogen-bond acceptors (Lipinski definition) is 10. The Morgan fingerprint density at radius 3 is 2.58 bits per heavy atom. The van der Waals surface area contributed by atoms with Crippen LogP contribution in [0.5, 0.6) is 5.75 Å². The van der Waals surface area contributed by atoms with Crippen LogP contribution in [0.25, 0.3) is 0 Å². The Bertz CT molecular complexity index is 1430. The summed E-state index contributed by atoms with van der Waals surface area (Å²) in [4.78, 5) is 38.5. The van der Waals surface area contributed by atoms with Crippen molar-refractivity contribution in [3.05, 3.63) is 63.4 Å². The summed E-state index contributed by atoms with van der Waals surface area (Å²) in [5.74, 6) is 5.01. The molecule has 0 spiro atoms. The highest BCUT2D eigenvalue weighted by Crippen LogP contribution is 2.47. The van der Waals surface area contributed by atoms with Crippen LogP contribution in [0, 0.1) is 17.8 Å². The number of benzene rings is 1. The van der Waals surface area contributed by atoms with Crippen molar-refractivity contribution in [3.63, 3.8) is 0 Å². The molecule has 6 atom stereocenters. The number of aliphatic hydroxyl groups excluding tert-OH is 1. The second-order valence-corrected chi connectivity index (χ2v) is 11.6. The number of carbonyl (C=O) groups excluding carboxylic acids is 1. The first-order chi connectivity index (χ1) is 18.9. The molecule has 0 bridgehead atoms. The average molecular weight is 578 g/mol. The highest BCUT2D eigenvalue weighted by atomic mass is 31.2. The lowest BCUT2D eigenvalue weighted by atomic mass is 9.94. The van der Waals surface area contributed by atoms with Gasteiger partial charge in [0, 0.05) is 18.2 Å². The minimum Gasteiger partial charge on any atom is -0.462 e. The quantitative estimate of drug-likeness (QED) is 0.180. The van der Waals surface area contributed by atoms with Crippen LogP contribution >= 0.6 is 7.75 Å². The molecule has 14 heteroatoms. The molecule has 4 rings (SSSR count). The largest absolute Gasteiger partial charge is 0.462 e. The molecule has 1 unspecified atom stereocenters. The molecular formula is C26H32N3O10P. The number of H-pyrrole nitrogens is 1. The highest BCUT2D eigenvalue weighted by molar-refractivity contribution is 7.52. The second-order valence-electron chi connectivity index (χ2n) is 9.89. The van der Waals surface area contributed by atoms with Gasteiger partial charge < -0.3 is 24.2 Å². The lowest BCUT2D eigenvalue weighted by Gasteiger charge is -2.26. The Balaban J connectivity index is 1.59. The average Bonchev–Trinajstić information content (AvgIpc) is 3.69. The van der Waals surface area contributed by atoms with Gasteiger partial charge in [-0.15, -0.1) is 0 Å². The molecule has 13 nitrogen and oxygen atoms in total. The van der Waals surface area contributed by atoms with Gasteiger partial charge >= 0.3 is 19.4 Å². The lowest BCUT2D eigenvalue weighted by molar-refractivity contribution is -0.149. The Hall–Kier alpha value is -3.24. The summed E-state index contributed by atoms with van der Waals surface area (Å²) in [7, 11) is -4.32. The monoisotopic (exact) mass is 577 g/mol. The zero-order valence-electron chi connectivity index (χ0n) is 22.2. The first kappa shape index (κ1) is 29.7. The van der Waals surface area contributed by atoms with E-state index in [1.807, 2.05) is 0 Å². The number of carbonyl (C=O) groups is 1. The van der Waals surface area contributed by atoms with E-state index in [1.165, 1.54) is 19.1 Å². The van der Waals surface area contributed by atoms with Crippen molar-refractivity contribution < 1.29 is 38.1 Å². The number of aromatic nitrogens is 2. The van der Waals surface area contributed by atoms with E-state index in [4.69, 9.17) is 18.5 Å². The Morgan fingerprint density at radius 2 is 1.95 bits per heavy atom. The van der Waals surface area contributed by atoms with Gasteiger partial charge in [-0.25, -0.2) is 9.36 Å². The van der Waals surface area contributed by atoms with Crippen LogP contribution in [0.15, 0.2) is 52.2 Å². The summed E-state index contributed by atoms with van der Waals surface area (Å²) >= 11 is 0. The number of nitrogens with zero attached hydrogens (tertiary/aromatic N) is 1. The third-order valence-electron chi connectivity index (χ3n) is 6.08. The van der Waals surface area contributed by atoms with Gasteiger partial charge in [-0.3, -0.25) is 23.7 Å². The molecule has 1 aliphatic heterocycles. The third kappa shape index (κ3) is 7.09. The fourth-order valence-electron chi connectivity index (χ4n) is 3.88. The van der Waals surface area contributed by atoms with Crippen LogP contribution in [-0.4, -0.2) is 62.3 Å². The van der Waals surface area contributed by atoms with Crippen LogP contribution in [0.1, 0.15) is 39.8 Å². The fourth-order valence-corrected chi connectivity index (χ4v) is 5.38. The van der Waals surface area contributed by atoms with E-state index in [0.717, 1.165) is 29.7 Å². The number of rotatable bonds is 10. The maximum Gasteiger partial charge on any atom is 0.459 e. The van der Waals surface area contributed by atoms with E-state index in [0.29, 0.717) is 0 Å². The topological polar surface area (TPSA) is 178 Å². The molecule has 4 N–H and O–H groups in total. The number of para-hydroxylation sites is 1. The van der Waals surface area contributed by atoms with Crippen LogP contribution < -0.4 is 20.9 Å². The van der Waals surface area contributed by atoms with Crippen LogP contribution in [0.4, 0.5) is 0 Å². The molecule has 2 heterocycles. The van der Waals surface area contributed by atoms with E-state index in [1.54, 1.807) is 32.0 Å². The van der Waals surface area contributed by atoms with Gasteiger partial charge in [0.25, 0.3) is 5.56 Å². The van der Waals surface area contributed by atoms with E-state index in [-0.39, 0.29) is 11.7 Å². The van der Waals surface area contributed by atoms with E-state index >= 15 is 0 Å². The van der Waals surface area contributed by atoms with Gasteiger partial charge in [0.2, 0.25) is 0 Å². The summed E-state index contributed by atoms with van der Waals surface area (Å²) in [6, 6.07) is 8.01. The molecule has 40 heavy (non-hydrogen) atoms. The van der Waals surface area contributed by atoms with Gasteiger partial charge in [-0.05, 0) is 45.7 Å². The minimum atomic E-state index is -4.32. The van der Waals surface area contributed by atoms with Crippen LogP contribution in [-0.2, 0) is 23.4 Å². The van der Waals surface area contributed by atoms with Crippen molar-refractivity contribution in [2.45, 2.75) is 69.8 Å². The molecule has 2 aromatic rings. The van der Waals surface area contributed by atoms with Gasteiger partial charge in [0.15, 0.2) is 11.8 Å². The molecule has 1 aromatic heterocycles. The first-order valence-electron chi connectivity index (χ1n) is 12.8. The lowest BCUT2D eigenvalue weighted by Crippen LogP contribution is -2.48. The molecule has 2 aliphatic rings. The molecular weight excluding hydrogens is 545 g/mol. The standard InChI is InChI=1S/C26H32N3O10P/c1-16(2)37-23(32)17(3)28-40(35,39-19-7-5-4-6-8-19)36-15-20-22(31)26(34,13-11-18-9-10-18)24(38-20)29-14-12-21(30)27-25(29)33/h4-8,12,14,16-18,20,22,24,31,34H,9-10,15H2,1-3H3,(H,28,35)(H,27,30,33)/t17-,20+,22+,24+,26+,40?/m0/s1. The van der Waals surface area contributed by atoms with Gasteiger partial charge in [-0.2, -0.15) is 5.09 Å². The van der Waals surface area contributed by atoms with Gasteiger partial charge in [0.05, 0.1) is 12.7 Å². The molecule has 0 radical (unpaired) electrons. The molecule has 1 aromatic carbocycles. The number of ether oxygens (including phenoxy) is 2. The fraction of sp³-hybridized carbons (Fsp3) is 0.500. The highest BCUT2D eigenvalue weighted by Gasteiger charge is 2.56. The van der Waals surface area contributed by atoms with Gasteiger partial charge in [-0.1, -0.05) is 30.0 Å². The van der Waals surface area contributed by atoms with Crippen molar-refractivity contribution in [3.8, 4) is 17.6 Å². The number of nitrogens with one attached hydrogen (secondary N) is 2. The van der Waals surface area contributed by atoms with Crippen molar-refractivity contribution in [2.75, 3.05) is 6.61 Å². The summed E-state index contributed by atoms with van der Waals surface area (Å²) in [6.07, 6.45) is -2.26. The molecule has 0 amide bonds. The van der Waals surface area contributed by atoms with Crippen molar-refractivity contribution >= 4 is 13.7 Å². The summed E-state index contributed by atoms with van der Waals surface area (Å²) in [6.45, 7) is 4.14. The molecule has 1 aliphatic carbocycles. The summed E-state index contributed by atoms with van der Waals surface area (Å²) in [5, 5.41) is 25.1. The maximum atomic E-state index is 13.8. The predicted molar refractivity (Wildman–Crippen MR) is 141 cm³/mol. The zero-order valence-corrected chi connectivity index (χ0v) is 23.1. The summed E-state index contributed by atoms with van der Waals surface area (Å²) in [5.41, 5.74) is -3.83.